The minimum atomic E-state index is -0.293. The first kappa shape index (κ1) is 23.3. The van der Waals surface area contributed by atoms with E-state index in [1.165, 1.54) is 6.07 Å². The second-order valence-electron chi connectivity index (χ2n) is 6.71. The molecule has 1 heterocycles. The fourth-order valence-corrected chi connectivity index (χ4v) is 3.27. The Kier molecular flexibility index (Phi) is 9.50. The third-order valence-electron chi connectivity index (χ3n) is 4.52. The van der Waals surface area contributed by atoms with Gasteiger partial charge in [-0.15, -0.1) is 0 Å². The quantitative estimate of drug-likeness (QED) is 0.435. The summed E-state index contributed by atoms with van der Waals surface area (Å²) in [6, 6.07) is 3.07. The van der Waals surface area contributed by atoms with Gasteiger partial charge in [-0.1, -0.05) is 11.6 Å². The SMILES string of the molecule is CCOC(=O)CCCN1CCOC(CNC(=O)c2cc(Cl)c(N)cc2OCC)C1. The van der Waals surface area contributed by atoms with Crippen molar-refractivity contribution in [3.63, 3.8) is 0 Å². The molecule has 162 valence electrons. The molecule has 2 rings (SSSR count). The molecule has 1 atom stereocenters. The zero-order valence-electron chi connectivity index (χ0n) is 17.0. The van der Waals surface area contributed by atoms with E-state index in [1.807, 2.05) is 6.92 Å². The van der Waals surface area contributed by atoms with Gasteiger partial charge < -0.3 is 25.3 Å². The third kappa shape index (κ3) is 7.38. The van der Waals surface area contributed by atoms with Crippen LogP contribution in [-0.2, 0) is 14.3 Å². The summed E-state index contributed by atoms with van der Waals surface area (Å²) >= 11 is 6.06. The lowest BCUT2D eigenvalue weighted by Gasteiger charge is -2.33. The van der Waals surface area contributed by atoms with E-state index in [0.29, 0.717) is 61.4 Å². The van der Waals surface area contributed by atoms with Crippen molar-refractivity contribution in [3.8, 4) is 5.75 Å². The zero-order chi connectivity index (χ0) is 21.2. The van der Waals surface area contributed by atoms with Gasteiger partial charge in [-0.2, -0.15) is 0 Å². The van der Waals surface area contributed by atoms with E-state index >= 15 is 0 Å². The Bertz CT molecular complexity index is 701. The van der Waals surface area contributed by atoms with Crippen LogP contribution in [0.15, 0.2) is 12.1 Å². The molecule has 29 heavy (non-hydrogen) atoms. The predicted molar refractivity (Wildman–Crippen MR) is 111 cm³/mol. The minimum absolute atomic E-state index is 0.130. The number of carbonyl (C=O) groups excluding carboxylic acids is 2. The van der Waals surface area contributed by atoms with Crippen molar-refractivity contribution in [1.82, 2.24) is 10.2 Å². The highest BCUT2D eigenvalue weighted by atomic mass is 35.5. The fraction of sp³-hybridized carbons (Fsp3) is 0.600. The van der Waals surface area contributed by atoms with Crippen LogP contribution in [0, 0.1) is 0 Å². The number of morpholine rings is 1. The van der Waals surface area contributed by atoms with Crippen molar-refractivity contribution >= 4 is 29.2 Å². The van der Waals surface area contributed by atoms with E-state index in [-0.39, 0.29) is 18.0 Å². The average Bonchev–Trinajstić information content (AvgIpc) is 2.69. The Hall–Kier alpha value is -2.03. The van der Waals surface area contributed by atoms with E-state index in [0.717, 1.165) is 19.5 Å². The molecule has 8 nitrogen and oxygen atoms in total. The number of nitrogens with two attached hydrogens (primary N) is 1. The first-order valence-corrected chi connectivity index (χ1v) is 10.3. The Labute approximate surface area is 176 Å². The smallest absolute Gasteiger partial charge is 0.305 e. The monoisotopic (exact) mass is 427 g/mol. The third-order valence-corrected chi connectivity index (χ3v) is 4.84. The summed E-state index contributed by atoms with van der Waals surface area (Å²) in [7, 11) is 0. The molecular formula is C20H30ClN3O5. The van der Waals surface area contributed by atoms with Crippen molar-refractivity contribution in [2.24, 2.45) is 0 Å². The van der Waals surface area contributed by atoms with E-state index < -0.39 is 0 Å². The number of rotatable bonds is 10. The molecule has 0 saturated carbocycles. The van der Waals surface area contributed by atoms with Crippen molar-refractivity contribution in [1.29, 1.82) is 0 Å². The van der Waals surface area contributed by atoms with Crippen LogP contribution < -0.4 is 15.8 Å². The molecule has 0 aromatic heterocycles. The molecule has 0 bridgehead atoms. The number of amides is 1. The van der Waals surface area contributed by atoms with Crippen LogP contribution in [0.4, 0.5) is 5.69 Å². The van der Waals surface area contributed by atoms with Gasteiger partial charge in [-0.05, 0) is 32.9 Å². The molecule has 1 aliphatic rings. The van der Waals surface area contributed by atoms with Gasteiger partial charge in [0.25, 0.3) is 5.91 Å². The van der Waals surface area contributed by atoms with Crippen molar-refractivity contribution in [3.05, 3.63) is 22.7 Å². The number of anilines is 1. The first-order chi connectivity index (χ1) is 13.9. The van der Waals surface area contributed by atoms with Gasteiger partial charge in [0.15, 0.2) is 0 Å². The molecule has 1 amide bonds. The maximum Gasteiger partial charge on any atom is 0.305 e. The van der Waals surface area contributed by atoms with Crippen molar-refractivity contribution in [2.45, 2.75) is 32.8 Å². The zero-order valence-corrected chi connectivity index (χ0v) is 17.8. The molecule has 1 fully saturated rings. The summed E-state index contributed by atoms with van der Waals surface area (Å²) in [5.41, 5.74) is 6.51. The number of nitrogens with one attached hydrogen (secondary N) is 1. The molecule has 1 aromatic rings. The van der Waals surface area contributed by atoms with Gasteiger partial charge >= 0.3 is 5.97 Å². The standard InChI is InChI=1S/C20H30ClN3O5/c1-3-27-18-11-17(22)16(21)10-15(18)20(26)23-12-14-13-24(8-9-29-14)7-5-6-19(25)28-4-2/h10-11,14H,3-9,12-13,22H2,1-2H3,(H,23,26). The van der Waals surface area contributed by atoms with Gasteiger partial charge in [0.2, 0.25) is 0 Å². The largest absolute Gasteiger partial charge is 0.493 e. The normalized spacial score (nSPS) is 17.0. The number of hydrogen-bond acceptors (Lipinski definition) is 7. The highest BCUT2D eigenvalue weighted by molar-refractivity contribution is 6.33. The topological polar surface area (TPSA) is 103 Å². The lowest BCUT2D eigenvalue weighted by Crippen LogP contribution is -2.47. The number of ether oxygens (including phenoxy) is 3. The van der Waals surface area contributed by atoms with Gasteiger partial charge in [0, 0.05) is 32.1 Å². The number of esters is 1. The van der Waals surface area contributed by atoms with E-state index in [2.05, 4.69) is 10.2 Å². The maximum atomic E-state index is 12.6. The van der Waals surface area contributed by atoms with Crippen molar-refractivity contribution < 1.29 is 23.8 Å². The molecule has 1 unspecified atom stereocenters. The Morgan fingerprint density at radius 2 is 2.14 bits per heavy atom. The van der Waals surface area contributed by atoms with Crippen molar-refractivity contribution in [2.75, 3.05) is 51.7 Å². The summed E-state index contributed by atoms with van der Waals surface area (Å²) in [6.45, 7) is 7.66. The highest BCUT2D eigenvalue weighted by Crippen LogP contribution is 2.29. The molecule has 1 aliphatic heterocycles. The Morgan fingerprint density at radius 3 is 2.86 bits per heavy atom. The lowest BCUT2D eigenvalue weighted by atomic mass is 10.1. The van der Waals surface area contributed by atoms with E-state index in [9.17, 15) is 9.59 Å². The Morgan fingerprint density at radius 1 is 1.34 bits per heavy atom. The number of benzene rings is 1. The predicted octanol–water partition coefficient (Wildman–Crippen LogP) is 2.09. The van der Waals surface area contributed by atoms with Gasteiger partial charge in [-0.3, -0.25) is 14.5 Å². The molecule has 9 heteroatoms. The van der Waals surface area contributed by atoms with Gasteiger partial charge in [0.05, 0.1) is 42.2 Å². The van der Waals surface area contributed by atoms with E-state index in [4.69, 9.17) is 31.5 Å². The minimum Gasteiger partial charge on any atom is -0.493 e. The average molecular weight is 428 g/mol. The molecule has 0 aliphatic carbocycles. The van der Waals surface area contributed by atoms with Crippen LogP contribution in [0.3, 0.4) is 0 Å². The van der Waals surface area contributed by atoms with Gasteiger partial charge in [0.1, 0.15) is 5.75 Å². The number of carbonyl (C=O) groups is 2. The van der Waals surface area contributed by atoms with Crippen LogP contribution in [0.1, 0.15) is 37.0 Å². The molecule has 3 N–H and O–H groups in total. The lowest BCUT2D eigenvalue weighted by molar-refractivity contribution is -0.143. The van der Waals surface area contributed by atoms with Crippen LogP contribution >= 0.6 is 11.6 Å². The molecule has 1 aromatic carbocycles. The number of nitrogens with zero attached hydrogens (tertiary/aromatic N) is 1. The maximum absolute atomic E-state index is 12.6. The highest BCUT2D eigenvalue weighted by Gasteiger charge is 2.22. The number of halogens is 1. The molecule has 0 spiro atoms. The second-order valence-corrected chi connectivity index (χ2v) is 7.12. The fourth-order valence-electron chi connectivity index (χ4n) is 3.11. The van der Waals surface area contributed by atoms with Crippen LogP contribution in [0.2, 0.25) is 5.02 Å². The molecule has 1 saturated heterocycles. The summed E-state index contributed by atoms with van der Waals surface area (Å²) < 4.78 is 16.2. The Balaban J connectivity index is 1.84. The van der Waals surface area contributed by atoms with Crippen LogP contribution in [0.25, 0.3) is 0 Å². The number of hydrogen-bond donors (Lipinski definition) is 2. The van der Waals surface area contributed by atoms with Crippen LogP contribution in [-0.4, -0.2) is 68.9 Å². The van der Waals surface area contributed by atoms with Gasteiger partial charge in [-0.25, -0.2) is 0 Å². The first-order valence-electron chi connectivity index (χ1n) is 9.94. The summed E-state index contributed by atoms with van der Waals surface area (Å²) in [6.07, 6.45) is 1.01. The summed E-state index contributed by atoms with van der Waals surface area (Å²) in [4.78, 5) is 26.3. The summed E-state index contributed by atoms with van der Waals surface area (Å²) in [5, 5.41) is 3.19. The van der Waals surface area contributed by atoms with Crippen LogP contribution in [0.5, 0.6) is 5.75 Å². The number of nitrogen functional groups attached to an aromatic ring is 1. The summed E-state index contributed by atoms with van der Waals surface area (Å²) in [5.74, 6) is -0.0627. The molecule has 0 radical (unpaired) electrons. The molecular weight excluding hydrogens is 398 g/mol. The second kappa shape index (κ2) is 11.8. The van der Waals surface area contributed by atoms with E-state index in [1.54, 1.807) is 13.0 Å².